The number of hydrogen-bond acceptors (Lipinski definition) is 4. The first-order valence-corrected chi connectivity index (χ1v) is 7.93. The molecule has 0 saturated carbocycles. The van der Waals surface area contributed by atoms with E-state index in [1.165, 1.54) is 43.3 Å². The fourth-order valence-corrected chi connectivity index (χ4v) is 2.18. The van der Waals surface area contributed by atoms with Gasteiger partial charge in [0.2, 0.25) is 5.91 Å². The Hall–Kier alpha value is -2.99. The zero-order valence-corrected chi connectivity index (χ0v) is 14.5. The summed E-state index contributed by atoms with van der Waals surface area (Å²) in [7, 11) is 0. The molecule has 0 unspecified atom stereocenters. The van der Waals surface area contributed by atoms with Crippen LogP contribution in [0.1, 0.15) is 22.8 Å². The van der Waals surface area contributed by atoms with Crippen LogP contribution >= 0.6 is 11.6 Å². The molecule has 0 radical (unpaired) electrons. The third-order valence-corrected chi connectivity index (χ3v) is 3.52. The Balaban J connectivity index is 1.87. The van der Waals surface area contributed by atoms with Crippen LogP contribution in [0.2, 0.25) is 5.02 Å². The zero-order valence-electron chi connectivity index (χ0n) is 13.8. The number of carbonyl (C=O) groups excluding carboxylic acids is 3. The van der Waals surface area contributed by atoms with Gasteiger partial charge in [-0.05, 0) is 48.0 Å². The summed E-state index contributed by atoms with van der Waals surface area (Å²) >= 11 is 5.65. The van der Waals surface area contributed by atoms with E-state index in [0.717, 1.165) is 6.08 Å². The largest absolute Gasteiger partial charge is 0.454 e. The fraction of sp³-hybridized carbons (Fsp3) is 0.105. The minimum absolute atomic E-state index is 0.0570. The van der Waals surface area contributed by atoms with Gasteiger partial charge in [-0.15, -0.1) is 0 Å². The van der Waals surface area contributed by atoms with E-state index in [1.807, 2.05) is 0 Å². The van der Waals surface area contributed by atoms with Gasteiger partial charge in [0.15, 0.2) is 12.4 Å². The Morgan fingerprint density at radius 2 is 1.85 bits per heavy atom. The molecule has 0 aliphatic rings. The van der Waals surface area contributed by atoms with Crippen molar-refractivity contribution in [1.29, 1.82) is 0 Å². The summed E-state index contributed by atoms with van der Waals surface area (Å²) in [4.78, 5) is 34.6. The van der Waals surface area contributed by atoms with E-state index in [9.17, 15) is 18.8 Å². The second-order valence-corrected chi connectivity index (χ2v) is 5.70. The summed E-state index contributed by atoms with van der Waals surface area (Å²) < 4.78 is 17.9. The maximum absolute atomic E-state index is 13.0. The molecule has 0 fully saturated rings. The molecule has 0 aliphatic carbocycles. The lowest BCUT2D eigenvalue weighted by atomic mass is 10.1. The van der Waals surface area contributed by atoms with Gasteiger partial charge in [0.25, 0.3) is 0 Å². The number of hydrogen-bond donors (Lipinski definition) is 1. The molecule has 0 bridgehead atoms. The molecular weight excluding hydrogens is 361 g/mol. The molecule has 0 spiro atoms. The van der Waals surface area contributed by atoms with Gasteiger partial charge < -0.3 is 10.1 Å². The number of halogens is 2. The van der Waals surface area contributed by atoms with E-state index in [-0.39, 0.29) is 16.7 Å². The highest BCUT2D eigenvalue weighted by Crippen LogP contribution is 2.17. The lowest BCUT2D eigenvalue weighted by Gasteiger charge is -2.04. The van der Waals surface area contributed by atoms with Gasteiger partial charge in [-0.3, -0.25) is 9.59 Å². The summed E-state index contributed by atoms with van der Waals surface area (Å²) in [5, 5.41) is 2.53. The van der Waals surface area contributed by atoms with Crippen LogP contribution in [0.3, 0.4) is 0 Å². The standard InChI is InChI=1S/C19H15ClFNO4/c1-12(23)22-15-6-4-14(5-7-15)18(24)11-26-19(25)9-3-13-2-8-17(21)16(20)10-13/h2-10H,11H2,1H3,(H,22,23)/b9-3+. The Morgan fingerprint density at radius 1 is 1.15 bits per heavy atom. The van der Waals surface area contributed by atoms with Crippen LogP contribution < -0.4 is 5.32 Å². The number of nitrogens with one attached hydrogen (secondary N) is 1. The monoisotopic (exact) mass is 375 g/mol. The number of esters is 1. The molecule has 0 aromatic heterocycles. The van der Waals surface area contributed by atoms with Crippen LogP contribution in [0.4, 0.5) is 10.1 Å². The third-order valence-electron chi connectivity index (χ3n) is 3.23. The molecule has 5 nitrogen and oxygen atoms in total. The van der Waals surface area contributed by atoms with Crippen LogP contribution in [-0.2, 0) is 14.3 Å². The van der Waals surface area contributed by atoms with Crippen molar-refractivity contribution >= 4 is 41.0 Å². The number of anilines is 1. The minimum Gasteiger partial charge on any atom is -0.454 e. The Kier molecular flexibility index (Phi) is 6.63. The predicted octanol–water partition coefficient (Wildman–Crippen LogP) is 3.88. The van der Waals surface area contributed by atoms with Crippen LogP contribution in [0.15, 0.2) is 48.5 Å². The van der Waals surface area contributed by atoms with Gasteiger partial charge in [0, 0.05) is 24.3 Å². The van der Waals surface area contributed by atoms with E-state index >= 15 is 0 Å². The molecule has 0 atom stereocenters. The van der Waals surface area contributed by atoms with Crippen molar-refractivity contribution < 1.29 is 23.5 Å². The molecule has 2 rings (SSSR count). The molecule has 134 valence electrons. The van der Waals surface area contributed by atoms with Gasteiger partial charge in [-0.1, -0.05) is 17.7 Å². The van der Waals surface area contributed by atoms with Crippen LogP contribution in [0.5, 0.6) is 0 Å². The first kappa shape index (κ1) is 19.3. The van der Waals surface area contributed by atoms with Crippen molar-refractivity contribution in [3.8, 4) is 0 Å². The quantitative estimate of drug-likeness (QED) is 0.472. The highest BCUT2D eigenvalue weighted by atomic mass is 35.5. The van der Waals surface area contributed by atoms with Crippen molar-refractivity contribution in [2.75, 3.05) is 11.9 Å². The number of carbonyl (C=O) groups is 3. The second-order valence-electron chi connectivity index (χ2n) is 5.30. The first-order valence-electron chi connectivity index (χ1n) is 7.56. The molecule has 7 heteroatoms. The molecule has 0 heterocycles. The SMILES string of the molecule is CC(=O)Nc1ccc(C(=O)COC(=O)/C=C/c2ccc(F)c(Cl)c2)cc1. The maximum Gasteiger partial charge on any atom is 0.331 e. The van der Waals surface area contributed by atoms with E-state index in [4.69, 9.17) is 16.3 Å². The van der Waals surface area contributed by atoms with Crippen molar-refractivity contribution in [3.05, 3.63) is 70.5 Å². The lowest BCUT2D eigenvalue weighted by molar-refractivity contribution is -0.136. The maximum atomic E-state index is 13.0. The number of ketones is 1. The molecule has 1 N–H and O–H groups in total. The smallest absolute Gasteiger partial charge is 0.331 e. The van der Waals surface area contributed by atoms with Crippen molar-refractivity contribution in [3.63, 3.8) is 0 Å². The fourth-order valence-electron chi connectivity index (χ4n) is 1.99. The summed E-state index contributed by atoms with van der Waals surface area (Å²) in [5.41, 5.74) is 1.43. The molecule has 2 aromatic rings. The van der Waals surface area contributed by atoms with E-state index in [2.05, 4.69) is 5.32 Å². The molecule has 26 heavy (non-hydrogen) atoms. The lowest BCUT2D eigenvalue weighted by Crippen LogP contribution is -2.13. The average molecular weight is 376 g/mol. The molecular formula is C19H15ClFNO4. The summed E-state index contributed by atoms with van der Waals surface area (Å²) in [6.45, 7) is 0.957. The molecule has 2 aromatic carbocycles. The Morgan fingerprint density at radius 3 is 2.46 bits per heavy atom. The van der Waals surface area contributed by atoms with Gasteiger partial charge in [-0.25, -0.2) is 9.18 Å². The van der Waals surface area contributed by atoms with Gasteiger partial charge in [0.05, 0.1) is 5.02 Å². The zero-order chi connectivity index (χ0) is 19.1. The topological polar surface area (TPSA) is 72.5 Å². The van der Waals surface area contributed by atoms with E-state index in [1.54, 1.807) is 12.1 Å². The van der Waals surface area contributed by atoms with Crippen LogP contribution in [0.25, 0.3) is 6.08 Å². The van der Waals surface area contributed by atoms with Crippen molar-refractivity contribution in [1.82, 2.24) is 0 Å². The second kappa shape index (κ2) is 8.92. The van der Waals surface area contributed by atoms with Gasteiger partial charge in [-0.2, -0.15) is 0 Å². The first-order chi connectivity index (χ1) is 12.3. The van der Waals surface area contributed by atoms with Crippen molar-refractivity contribution in [2.24, 2.45) is 0 Å². The predicted molar refractivity (Wildman–Crippen MR) is 96.5 cm³/mol. The van der Waals surface area contributed by atoms with Crippen molar-refractivity contribution in [2.45, 2.75) is 6.92 Å². The number of ether oxygens (including phenoxy) is 1. The summed E-state index contributed by atoms with van der Waals surface area (Å²) in [6.07, 6.45) is 2.52. The van der Waals surface area contributed by atoms with E-state index in [0.29, 0.717) is 16.8 Å². The normalized spacial score (nSPS) is 10.6. The third kappa shape index (κ3) is 5.82. The van der Waals surface area contributed by atoms with E-state index < -0.39 is 18.4 Å². The van der Waals surface area contributed by atoms with Gasteiger partial charge >= 0.3 is 5.97 Å². The number of benzene rings is 2. The molecule has 1 amide bonds. The molecule has 0 aliphatic heterocycles. The number of amides is 1. The van der Waals surface area contributed by atoms with Gasteiger partial charge in [0.1, 0.15) is 5.82 Å². The minimum atomic E-state index is -0.714. The summed E-state index contributed by atoms with van der Waals surface area (Å²) in [6, 6.07) is 10.2. The Bertz CT molecular complexity index is 862. The summed E-state index contributed by atoms with van der Waals surface area (Å²) in [5.74, 6) is -1.87. The highest BCUT2D eigenvalue weighted by Gasteiger charge is 2.09. The average Bonchev–Trinajstić information content (AvgIpc) is 2.60. The molecule has 0 saturated heterocycles. The highest BCUT2D eigenvalue weighted by molar-refractivity contribution is 6.30. The van der Waals surface area contributed by atoms with Crippen LogP contribution in [-0.4, -0.2) is 24.3 Å². The number of Topliss-reactive ketones (excluding diaryl/α,β-unsaturated/α-hetero) is 1. The number of rotatable bonds is 6. The van der Waals surface area contributed by atoms with Crippen LogP contribution in [0, 0.1) is 5.82 Å². The Labute approximate surface area is 154 Å².